The van der Waals surface area contributed by atoms with Crippen molar-refractivity contribution in [1.29, 1.82) is 0 Å². The Bertz CT molecular complexity index is 897. The summed E-state index contributed by atoms with van der Waals surface area (Å²) in [4.78, 5) is 23.0. The quantitative estimate of drug-likeness (QED) is 0.577. The van der Waals surface area contributed by atoms with Crippen molar-refractivity contribution in [2.45, 2.75) is 19.9 Å². The lowest BCUT2D eigenvalue weighted by Crippen LogP contribution is -2.27. The van der Waals surface area contributed by atoms with Gasteiger partial charge in [-0.3, -0.25) is 14.9 Å². The molecule has 0 radical (unpaired) electrons. The van der Waals surface area contributed by atoms with E-state index in [9.17, 15) is 14.9 Å². The Morgan fingerprint density at radius 3 is 2.67 bits per heavy atom. The van der Waals surface area contributed by atoms with Gasteiger partial charge in [-0.25, -0.2) is 0 Å². The molecule has 1 aromatic heterocycles. The van der Waals surface area contributed by atoms with Crippen LogP contribution < -0.4 is 5.32 Å². The minimum absolute atomic E-state index is 0.0703. The summed E-state index contributed by atoms with van der Waals surface area (Å²) in [5.41, 5.74) is 1.31. The average Bonchev–Trinajstić information content (AvgIpc) is 2.98. The fraction of sp³-hybridized carbons (Fsp3) is 0.167. The van der Waals surface area contributed by atoms with Crippen molar-refractivity contribution in [3.05, 3.63) is 75.5 Å². The van der Waals surface area contributed by atoms with Crippen molar-refractivity contribution in [1.82, 2.24) is 5.32 Å². The lowest BCUT2D eigenvalue weighted by molar-refractivity contribution is -0.385. The van der Waals surface area contributed by atoms with Gasteiger partial charge in [-0.1, -0.05) is 24.3 Å². The van der Waals surface area contributed by atoms with Crippen LogP contribution in [0.1, 0.15) is 34.6 Å². The van der Waals surface area contributed by atoms with E-state index >= 15 is 0 Å². The zero-order valence-electron chi connectivity index (χ0n) is 13.3. The van der Waals surface area contributed by atoms with Gasteiger partial charge < -0.3 is 9.73 Å². The van der Waals surface area contributed by atoms with Crippen molar-refractivity contribution in [3.63, 3.8) is 0 Å². The summed E-state index contributed by atoms with van der Waals surface area (Å²) in [5, 5.41) is 14.8. The SMILES string of the molecule is Cc1c(C(=O)NC(C)c2cc3ccccc3o2)cccc1[N+](=O)[O-]. The molecule has 0 spiro atoms. The molecule has 1 atom stereocenters. The molecule has 2 aromatic carbocycles. The van der Waals surface area contributed by atoms with Crippen LogP contribution in [0.15, 0.2) is 52.9 Å². The lowest BCUT2D eigenvalue weighted by Gasteiger charge is -2.12. The first-order valence-electron chi connectivity index (χ1n) is 7.50. The molecule has 3 aromatic rings. The van der Waals surface area contributed by atoms with Crippen LogP contribution in [0, 0.1) is 17.0 Å². The van der Waals surface area contributed by atoms with Gasteiger partial charge in [0.25, 0.3) is 11.6 Å². The molecule has 1 N–H and O–H groups in total. The van der Waals surface area contributed by atoms with Crippen LogP contribution in [-0.4, -0.2) is 10.8 Å². The van der Waals surface area contributed by atoms with Gasteiger partial charge in [0.05, 0.1) is 11.0 Å². The maximum atomic E-state index is 12.5. The Morgan fingerprint density at radius 1 is 1.21 bits per heavy atom. The zero-order valence-corrected chi connectivity index (χ0v) is 13.3. The summed E-state index contributed by atoms with van der Waals surface area (Å²) in [6.45, 7) is 3.38. The number of carbonyl (C=O) groups excluding carboxylic acids is 1. The van der Waals surface area contributed by atoms with Crippen molar-refractivity contribution >= 4 is 22.6 Å². The second-order valence-corrected chi connectivity index (χ2v) is 5.59. The number of hydrogen-bond donors (Lipinski definition) is 1. The van der Waals surface area contributed by atoms with Gasteiger partial charge in [-0.2, -0.15) is 0 Å². The fourth-order valence-electron chi connectivity index (χ4n) is 2.63. The summed E-state index contributed by atoms with van der Waals surface area (Å²) >= 11 is 0. The van der Waals surface area contributed by atoms with Crippen molar-refractivity contribution in [3.8, 4) is 0 Å². The number of nitro benzene ring substituents is 1. The molecule has 0 bridgehead atoms. The number of rotatable bonds is 4. The van der Waals surface area contributed by atoms with Crippen LogP contribution >= 0.6 is 0 Å². The third-order valence-electron chi connectivity index (χ3n) is 3.97. The van der Waals surface area contributed by atoms with E-state index in [0.29, 0.717) is 11.3 Å². The van der Waals surface area contributed by atoms with Gasteiger partial charge in [0.2, 0.25) is 0 Å². The summed E-state index contributed by atoms with van der Waals surface area (Å²) in [6, 6.07) is 13.6. The van der Waals surface area contributed by atoms with Crippen LogP contribution in [0.5, 0.6) is 0 Å². The highest BCUT2D eigenvalue weighted by atomic mass is 16.6. The molecule has 1 amide bonds. The number of para-hydroxylation sites is 1. The summed E-state index contributed by atoms with van der Waals surface area (Å²) in [7, 11) is 0. The molecule has 6 heteroatoms. The summed E-state index contributed by atoms with van der Waals surface area (Å²) in [6.07, 6.45) is 0. The van der Waals surface area contributed by atoms with Gasteiger partial charge in [0.15, 0.2) is 0 Å². The highest BCUT2D eigenvalue weighted by molar-refractivity contribution is 5.96. The van der Waals surface area contributed by atoms with Crippen LogP contribution in [0.4, 0.5) is 5.69 Å². The number of amides is 1. The number of nitrogens with one attached hydrogen (secondary N) is 1. The Hall–Kier alpha value is -3.15. The molecule has 6 nitrogen and oxygen atoms in total. The van der Waals surface area contributed by atoms with E-state index < -0.39 is 4.92 Å². The third kappa shape index (κ3) is 2.86. The molecular formula is C18H16N2O4. The number of nitro groups is 1. The smallest absolute Gasteiger partial charge is 0.273 e. The van der Waals surface area contributed by atoms with Gasteiger partial charge in [0, 0.05) is 22.6 Å². The number of carbonyl (C=O) groups is 1. The van der Waals surface area contributed by atoms with Crippen LogP contribution in [0.25, 0.3) is 11.0 Å². The number of nitrogens with zero attached hydrogens (tertiary/aromatic N) is 1. The minimum Gasteiger partial charge on any atom is -0.459 e. The van der Waals surface area contributed by atoms with Gasteiger partial charge >= 0.3 is 0 Å². The van der Waals surface area contributed by atoms with Gasteiger partial charge in [-0.15, -0.1) is 0 Å². The van der Waals surface area contributed by atoms with Crippen LogP contribution in [0.2, 0.25) is 0 Å². The second kappa shape index (κ2) is 6.16. The van der Waals surface area contributed by atoms with Crippen LogP contribution in [0.3, 0.4) is 0 Å². The first-order valence-corrected chi connectivity index (χ1v) is 7.50. The van der Waals surface area contributed by atoms with Crippen LogP contribution in [-0.2, 0) is 0 Å². The number of fused-ring (bicyclic) bond motifs is 1. The topological polar surface area (TPSA) is 85.4 Å². The standard InChI is InChI=1S/C18H16N2O4/c1-11-14(7-5-8-15(11)20(22)23)18(21)19-12(2)17-10-13-6-3-4-9-16(13)24-17/h3-10,12H,1-2H3,(H,19,21). The Kier molecular flexibility index (Phi) is 4.04. The van der Waals surface area contributed by atoms with Crippen molar-refractivity contribution in [2.24, 2.45) is 0 Å². The van der Waals surface area contributed by atoms with E-state index in [1.807, 2.05) is 37.3 Å². The molecular weight excluding hydrogens is 308 g/mol. The maximum absolute atomic E-state index is 12.5. The first-order chi connectivity index (χ1) is 11.5. The van der Waals surface area contributed by atoms with E-state index in [-0.39, 0.29) is 23.2 Å². The molecule has 3 rings (SSSR count). The largest absolute Gasteiger partial charge is 0.459 e. The molecule has 0 fully saturated rings. The molecule has 1 heterocycles. The molecule has 0 aliphatic rings. The lowest BCUT2D eigenvalue weighted by atomic mass is 10.1. The van der Waals surface area contributed by atoms with E-state index in [0.717, 1.165) is 11.0 Å². The molecule has 1 unspecified atom stereocenters. The first kappa shape index (κ1) is 15.7. The van der Waals surface area contributed by atoms with Crippen molar-refractivity contribution in [2.75, 3.05) is 0 Å². The predicted molar refractivity (Wildman–Crippen MR) is 89.9 cm³/mol. The molecule has 0 aliphatic carbocycles. The van der Waals surface area contributed by atoms with Crippen molar-refractivity contribution < 1.29 is 14.1 Å². The fourth-order valence-corrected chi connectivity index (χ4v) is 2.63. The normalized spacial score (nSPS) is 12.1. The number of benzene rings is 2. The number of hydrogen-bond acceptors (Lipinski definition) is 4. The summed E-state index contributed by atoms with van der Waals surface area (Å²) < 4.78 is 5.74. The monoisotopic (exact) mass is 324 g/mol. The predicted octanol–water partition coefficient (Wildman–Crippen LogP) is 4.14. The van der Waals surface area contributed by atoms with Gasteiger partial charge in [0.1, 0.15) is 11.3 Å². The highest BCUT2D eigenvalue weighted by Gasteiger charge is 2.20. The van der Waals surface area contributed by atoms with Gasteiger partial charge in [-0.05, 0) is 32.0 Å². The number of furan rings is 1. The Labute approximate surface area is 138 Å². The third-order valence-corrected chi connectivity index (χ3v) is 3.97. The average molecular weight is 324 g/mol. The van der Waals surface area contributed by atoms with E-state index in [4.69, 9.17) is 4.42 Å². The summed E-state index contributed by atoms with van der Waals surface area (Å²) in [5.74, 6) is 0.261. The molecule has 122 valence electrons. The second-order valence-electron chi connectivity index (χ2n) is 5.59. The Morgan fingerprint density at radius 2 is 1.96 bits per heavy atom. The Balaban J connectivity index is 1.84. The molecule has 0 aliphatic heterocycles. The maximum Gasteiger partial charge on any atom is 0.273 e. The molecule has 0 saturated carbocycles. The minimum atomic E-state index is -0.491. The van der Waals surface area contributed by atoms with E-state index in [1.54, 1.807) is 13.0 Å². The molecule has 24 heavy (non-hydrogen) atoms. The highest BCUT2D eigenvalue weighted by Crippen LogP contribution is 2.25. The van der Waals surface area contributed by atoms with E-state index in [1.165, 1.54) is 12.1 Å². The zero-order chi connectivity index (χ0) is 17.3. The van der Waals surface area contributed by atoms with E-state index in [2.05, 4.69) is 5.32 Å². The molecule has 0 saturated heterocycles.